The predicted molar refractivity (Wildman–Crippen MR) is 120 cm³/mol. The van der Waals surface area contributed by atoms with Crippen LogP contribution in [0.2, 0.25) is 0 Å². The molecule has 162 valence electrons. The first-order valence-electron chi connectivity index (χ1n) is 10.6. The van der Waals surface area contributed by atoms with Gasteiger partial charge < -0.3 is 14.8 Å². The van der Waals surface area contributed by atoms with Crippen LogP contribution < -0.4 is 10.1 Å². The number of para-hydroxylation sites is 1. The lowest BCUT2D eigenvalue weighted by Gasteiger charge is -2.19. The van der Waals surface area contributed by atoms with Crippen LogP contribution >= 0.6 is 11.3 Å². The number of hydrogen-bond donors (Lipinski definition) is 1. The van der Waals surface area contributed by atoms with E-state index in [-0.39, 0.29) is 30.9 Å². The van der Waals surface area contributed by atoms with E-state index in [9.17, 15) is 9.59 Å². The van der Waals surface area contributed by atoms with Gasteiger partial charge in [-0.15, -0.1) is 11.3 Å². The number of ether oxygens (including phenoxy) is 2. The molecule has 0 saturated heterocycles. The second kappa shape index (κ2) is 9.92. The summed E-state index contributed by atoms with van der Waals surface area (Å²) in [4.78, 5) is 29.0. The van der Waals surface area contributed by atoms with Crippen molar-refractivity contribution in [1.29, 1.82) is 0 Å². The summed E-state index contributed by atoms with van der Waals surface area (Å²) in [6.45, 7) is -0.251. The molecular weight excluding hydrogens is 412 g/mol. The van der Waals surface area contributed by atoms with Gasteiger partial charge in [0, 0.05) is 6.42 Å². The van der Waals surface area contributed by atoms with Gasteiger partial charge in [-0.3, -0.25) is 9.59 Å². The normalized spacial score (nSPS) is 14.2. The molecule has 1 saturated carbocycles. The second-order valence-electron chi connectivity index (χ2n) is 7.75. The summed E-state index contributed by atoms with van der Waals surface area (Å²) in [6, 6.07) is 15.7. The minimum atomic E-state index is -0.358. The van der Waals surface area contributed by atoms with Crippen LogP contribution in [0.1, 0.15) is 42.3 Å². The Hall–Kier alpha value is -2.93. The number of aromatic nitrogens is 1. The zero-order valence-electron chi connectivity index (χ0n) is 17.5. The number of rotatable bonds is 10. The minimum Gasteiger partial charge on any atom is -0.497 e. The monoisotopic (exact) mass is 438 g/mol. The van der Waals surface area contributed by atoms with Crippen LogP contribution in [0.25, 0.3) is 10.2 Å². The van der Waals surface area contributed by atoms with Gasteiger partial charge in [0.2, 0.25) is 0 Å². The minimum absolute atomic E-state index is 0.0591. The topological polar surface area (TPSA) is 77.5 Å². The van der Waals surface area contributed by atoms with Gasteiger partial charge in [0.25, 0.3) is 5.91 Å². The molecule has 0 radical (unpaired) electrons. The van der Waals surface area contributed by atoms with Crippen molar-refractivity contribution >= 4 is 33.4 Å². The fraction of sp³-hybridized carbons (Fsp3) is 0.375. The third-order valence-corrected chi connectivity index (χ3v) is 6.45. The fourth-order valence-electron chi connectivity index (χ4n) is 3.56. The summed E-state index contributed by atoms with van der Waals surface area (Å²) in [5, 5.41) is 4.03. The second-order valence-corrected chi connectivity index (χ2v) is 8.86. The molecule has 1 aromatic heterocycles. The maximum absolute atomic E-state index is 12.4. The van der Waals surface area contributed by atoms with Crippen molar-refractivity contribution in [2.45, 2.75) is 38.1 Å². The molecule has 1 fully saturated rings. The molecule has 1 amide bonds. The Morgan fingerprint density at radius 2 is 1.94 bits per heavy atom. The summed E-state index contributed by atoms with van der Waals surface area (Å²) in [7, 11) is 1.63. The van der Waals surface area contributed by atoms with E-state index >= 15 is 0 Å². The highest BCUT2D eigenvalue weighted by molar-refractivity contribution is 7.18. The molecule has 0 spiro atoms. The first-order chi connectivity index (χ1) is 15.1. The predicted octanol–water partition coefficient (Wildman–Crippen LogP) is 4.44. The Morgan fingerprint density at radius 1 is 1.16 bits per heavy atom. The summed E-state index contributed by atoms with van der Waals surface area (Å²) in [5.41, 5.74) is 2.03. The zero-order valence-corrected chi connectivity index (χ0v) is 18.3. The maximum atomic E-state index is 12.4. The number of amides is 1. The van der Waals surface area contributed by atoms with Gasteiger partial charge in [0.05, 0.1) is 28.4 Å². The van der Waals surface area contributed by atoms with E-state index in [0.29, 0.717) is 12.3 Å². The lowest BCUT2D eigenvalue weighted by Crippen LogP contribution is -2.33. The van der Waals surface area contributed by atoms with E-state index in [1.165, 1.54) is 0 Å². The number of fused-ring (bicyclic) bond motifs is 1. The average molecular weight is 439 g/mol. The van der Waals surface area contributed by atoms with Crippen molar-refractivity contribution in [2.75, 3.05) is 13.7 Å². The number of methoxy groups -OCH3 is 1. The van der Waals surface area contributed by atoms with Crippen molar-refractivity contribution in [2.24, 2.45) is 5.92 Å². The van der Waals surface area contributed by atoms with E-state index in [2.05, 4.69) is 10.3 Å². The Bertz CT molecular complexity index is 1010. The Labute approximate surface area is 185 Å². The molecule has 1 aliphatic rings. The molecule has 0 bridgehead atoms. The van der Waals surface area contributed by atoms with Crippen LogP contribution in [0.3, 0.4) is 0 Å². The lowest BCUT2D eigenvalue weighted by molar-refractivity contribution is -0.148. The summed E-state index contributed by atoms with van der Waals surface area (Å²) in [5.74, 6) is 0.585. The number of benzene rings is 2. The molecule has 1 unspecified atom stereocenters. The van der Waals surface area contributed by atoms with Gasteiger partial charge in [-0.25, -0.2) is 4.98 Å². The first-order valence-corrected chi connectivity index (χ1v) is 11.4. The van der Waals surface area contributed by atoms with E-state index < -0.39 is 0 Å². The van der Waals surface area contributed by atoms with Crippen LogP contribution in [0.4, 0.5) is 0 Å². The molecular formula is C24H26N2O4S. The maximum Gasteiger partial charge on any atom is 0.306 e. The van der Waals surface area contributed by atoms with Gasteiger partial charge in [-0.05, 0) is 61.4 Å². The fourth-order valence-corrected chi connectivity index (χ4v) is 4.57. The average Bonchev–Trinajstić information content (AvgIpc) is 3.55. The summed E-state index contributed by atoms with van der Waals surface area (Å²) >= 11 is 1.65. The molecule has 6 nitrogen and oxygen atoms in total. The van der Waals surface area contributed by atoms with Gasteiger partial charge in [-0.2, -0.15) is 0 Å². The highest BCUT2D eigenvalue weighted by atomic mass is 32.1. The first kappa shape index (κ1) is 21.3. The van der Waals surface area contributed by atoms with Crippen LogP contribution in [0, 0.1) is 5.92 Å². The van der Waals surface area contributed by atoms with Crippen molar-refractivity contribution in [3.8, 4) is 5.75 Å². The molecule has 1 N–H and O–H groups in total. The third-order valence-electron chi connectivity index (χ3n) is 5.36. The Balaban J connectivity index is 1.20. The number of esters is 1. The highest BCUT2D eigenvalue weighted by Crippen LogP contribution is 2.41. The number of hydrogen-bond acceptors (Lipinski definition) is 6. The molecule has 0 aliphatic heterocycles. The smallest absolute Gasteiger partial charge is 0.306 e. The van der Waals surface area contributed by atoms with Crippen molar-refractivity contribution < 1.29 is 19.1 Å². The van der Waals surface area contributed by atoms with Gasteiger partial charge in [0.1, 0.15) is 5.75 Å². The SMILES string of the molecule is COc1ccc(C(NC(=O)COC(=O)CCCc2nc3ccccc3s2)C2CC2)cc1. The Morgan fingerprint density at radius 3 is 2.65 bits per heavy atom. The lowest BCUT2D eigenvalue weighted by atomic mass is 10.0. The van der Waals surface area contributed by atoms with Crippen molar-refractivity contribution in [1.82, 2.24) is 10.3 Å². The third kappa shape index (κ3) is 5.82. The van der Waals surface area contributed by atoms with Crippen molar-refractivity contribution in [3.05, 3.63) is 59.1 Å². The quantitative estimate of drug-likeness (QED) is 0.474. The molecule has 31 heavy (non-hydrogen) atoms. The van der Waals surface area contributed by atoms with E-state index in [4.69, 9.17) is 9.47 Å². The Kier molecular flexibility index (Phi) is 6.82. The molecule has 1 atom stereocenters. The number of aryl methyl sites for hydroxylation is 1. The summed E-state index contributed by atoms with van der Waals surface area (Å²) in [6.07, 6.45) is 3.82. The van der Waals surface area contributed by atoms with Crippen LogP contribution in [0.15, 0.2) is 48.5 Å². The zero-order chi connectivity index (χ0) is 21.6. The number of nitrogens with one attached hydrogen (secondary N) is 1. The molecule has 1 heterocycles. The van der Waals surface area contributed by atoms with E-state index in [1.807, 2.05) is 48.5 Å². The number of thiazole rings is 1. The molecule has 4 rings (SSSR count). The number of nitrogens with zero attached hydrogens (tertiary/aromatic N) is 1. The van der Waals surface area contributed by atoms with E-state index in [1.54, 1.807) is 18.4 Å². The van der Waals surface area contributed by atoms with Crippen LogP contribution in [0.5, 0.6) is 5.75 Å². The van der Waals surface area contributed by atoms with Gasteiger partial charge >= 0.3 is 5.97 Å². The standard InChI is InChI=1S/C24H26N2O4S/c1-29-18-13-11-17(12-14-18)24(16-9-10-16)26-21(27)15-30-23(28)8-4-7-22-25-19-5-2-3-6-20(19)31-22/h2-3,5-6,11-14,16,24H,4,7-10,15H2,1H3,(H,26,27). The summed E-state index contributed by atoms with van der Waals surface area (Å²) < 4.78 is 11.5. The van der Waals surface area contributed by atoms with Crippen LogP contribution in [-0.2, 0) is 20.7 Å². The molecule has 1 aliphatic carbocycles. The van der Waals surface area contributed by atoms with Crippen molar-refractivity contribution in [3.63, 3.8) is 0 Å². The van der Waals surface area contributed by atoms with Crippen LogP contribution in [-0.4, -0.2) is 30.6 Å². The number of carbonyl (C=O) groups excluding carboxylic acids is 2. The molecule has 3 aromatic rings. The molecule has 2 aromatic carbocycles. The van der Waals surface area contributed by atoms with E-state index in [0.717, 1.165) is 45.8 Å². The number of carbonyl (C=O) groups is 2. The highest BCUT2D eigenvalue weighted by Gasteiger charge is 2.33. The largest absolute Gasteiger partial charge is 0.497 e. The van der Waals surface area contributed by atoms with Gasteiger partial charge in [-0.1, -0.05) is 24.3 Å². The molecule has 7 heteroatoms. The van der Waals surface area contributed by atoms with Gasteiger partial charge in [0.15, 0.2) is 6.61 Å².